The van der Waals surface area contributed by atoms with Crippen molar-refractivity contribution in [2.75, 3.05) is 14.2 Å². The first-order valence-corrected chi connectivity index (χ1v) is 7.67. The average molecular weight is 377 g/mol. The summed E-state index contributed by atoms with van der Waals surface area (Å²) in [6.07, 6.45) is 0. The molecule has 0 aliphatic heterocycles. The Morgan fingerprint density at radius 3 is 2.57 bits per heavy atom. The molecule has 0 aliphatic rings. The van der Waals surface area contributed by atoms with Crippen LogP contribution in [0, 0.1) is 0 Å². The summed E-state index contributed by atoms with van der Waals surface area (Å²) in [4.78, 5) is 12.1. The van der Waals surface area contributed by atoms with Crippen molar-refractivity contribution in [2.24, 2.45) is 5.10 Å². The summed E-state index contributed by atoms with van der Waals surface area (Å²) >= 11 is 3.34. The van der Waals surface area contributed by atoms with Crippen LogP contribution in [0.15, 0.2) is 52.0 Å². The van der Waals surface area contributed by atoms with Crippen molar-refractivity contribution in [3.05, 3.63) is 58.1 Å². The van der Waals surface area contributed by atoms with Gasteiger partial charge in [-0.25, -0.2) is 5.43 Å². The molecule has 5 nitrogen and oxygen atoms in total. The number of halogens is 1. The van der Waals surface area contributed by atoms with E-state index in [2.05, 4.69) is 26.5 Å². The van der Waals surface area contributed by atoms with E-state index in [1.54, 1.807) is 45.4 Å². The Morgan fingerprint density at radius 2 is 1.91 bits per heavy atom. The van der Waals surface area contributed by atoms with Crippen molar-refractivity contribution in [1.29, 1.82) is 0 Å². The Bertz CT molecular complexity index is 744. The Hall–Kier alpha value is -2.34. The number of hydrogen-bond acceptors (Lipinski definition) is 4. The van der Waals surface area contributed by atoms with Gasteiger partial charge in [-0.1, -0.05) is 22.0 Å². The first-order chi connectivity index (χ1) is 11.0. The molecule has 0 fully saturated rings. The first-order valence-electron chi connectivity index (χ1n) is 6.87. The van der Waals surface area contributed by atoms with Gasteiger partial charge in [-0.05, 0) is 37.3 Å². The fraction of sp³-hybridized carbons (Fsp3) is 0.176. The Morgan fingerprint density at radius 1 is 1.13 bits per heavy atom. The predicted octanol–water partition coefficient (Wildman–Crippen LogP) is 3.62. The van der Waals surface area contributed by atoms with Gasteiger partial charge in [0.1, 0.15) is 11.5 Å². The van der Waals surface area contributed by atoms with E-state index in [1.165, 1.54) is 0 Å². The molecule has 2 aromatic carbocycles. The second-order valence-corrected chi connectivity index (χ2v) is 5.63. The summed E-state index contributed by atoms with van der Waals surface area (Å²) in [5.74, 6) is 1.04. The molecular formula is C17H17BrN2O3. The van der Waals surface area contributed by atoms with E-state index in [4.69, 9.17) is 9.47 Å². The molecule has 0 spiro atoms. The number of ether oxygens (including phenoxy) is 2. The zero-order valence-corrected chi connectivity index (χ0v) is 14.7. The van der Waals surface area contributed by atoms with Crippen molar-refractivity contribution in [3.8, 4) is 11.5 Å². The van der Waals surface area contributed by atoms with Gasteiger partial charge in [0.2, 0.25) is 0 Å². The van der Waals surface area contributed by atoms with Crippen LogP contribution in [0.5, 0.6) is 11.5 Å². The lowest BCUT2D eigenvalue weighted by Crippen LogP contribution is -2.19. The average Bonchev–Trinajstić information content (AvgIpc) is 2.58. The third-order valence-corrected chi connectivity index (χ3v) is 3.70. The van der Waals surface area contributed by atoms with Gasteiger partial charge >= 0.3 is 0 Å². The zero-order valence-electron chi connectivity index (χ0n) is 13.1. The van der Waals surface area contributed by atoms with Crippen molar-refractivity contribution >= 4 is 27.5 Å². The van der Waals surface area contributed by atoms with Crippen LogP contribution in [0.2, 0.25) is 0 Å². The van der Waals surface area contributed by atoms with Crippen LogP contribution >= 0.6 is 15.9 Å². The number of hydrazone groups is 1. The van der Waals surface area contributed by atoms with Crippen molar-refractivity contribution in [1.82, 2.24) is 5.43 Å². The lowest BCUT2D eigenvalue weighted by molar-refractivity contribution is 0.0954. The fourth-order valence-electron chi connectivity index (χ4n) is 1.99. The molecule has 0 aromatic heterocycles. The van der Waals surface area contributed by atoms with E-state index in [1.807, 2.05) is 18.2 Å². The molecule has 120 valence electrons. The highest BCUT2D eigenvalue weighted by Gasteiger charge is 2.09. The number of carbonyl (C=O) groups is 1. The van der Waals surface area contributed by atoms with E-state index in [-0.39, 0.29) is 5.91 Å². The van der Waals surface area contributed by atoms with Crippen molar-refractivity contribution in [2.45, 2.75) is 6.92 Å². The minimum Gasteiger partial charge on any atom is -0.497 e. The van der Waals surface area contributed by atoms with E-state index in [0.717, 1.165) is 10.0 Å². The third-order valence-electron chi connectivity index (χ3n) is 3.21. The van der Waals surface area contributed by atoms with Gasteiger partial charge in [-0.3, -0.25) is 4.79 Å². The Kier molecular flexibility index (Phi) is 5.76. The number of hydrogen-bond donors (Lipinski definition) is 1. The number of rotatable bonds is 5. The summed E-state index contributed by atoms with van der Waals surface area (Å²) in [6, 6.07) is 12.5. The Labute approximate surface area is 143 Å². The van der Waals surface area contributed by atoms with E-state index >= 15 is 0 Å². The number of nitrogens with one attached hydrogen (secondary N) is 1. The number of methoxy groups -OCH3 is 2. The molecule has 1 amide bonds. The molecule has 2 aromatic rings. The molecule has 0 aliphatic carbocycles. The quantitative estimate of drug-likeness (QED) is 0.640. The fourth-order valence-corrected chi connectivity index (χ4v) is 2.39. The molecule has 0 saturated heterocycles. The minimum atomic E-state index is -0.280. The van der Waals surface area contributed by atoms with Crippen LogP contribution in [-0.2, 0) is 0 Å². The molecule has 0 saturated carbocycles. The predicted molar refractivity (Wildman–Crippen MR) is 93.4 cm³/mol. The lowest BCUT2D eigenvalue weighted by atomic mass is 10.1. The molecular weight excluding hydrogens is 360 g/mol. The van der Waals surface area contributed by atoms with E-state index in [9.17, 15) is 4.79 Å². The van der Waals surface area contributed by atoms with E-state index < -0.39 is 0 Å². The monoisotopic (exact) mass is 376 g/mol. The maximum absolute atomic E-state index is 12.1. The smallest absolute Gasteiger partial charge is 0.271 e. The molecule has 0 radical (unpaired) electrons. The van der Waals surface area contributed by atoms with Crippen LogP contribution in [0.1, 0.15) is 22.8 Å². The Balaban J connectivity index is 2.18. The summed E-state index contributed by atoms with van der Waals surface area (Å²) in [5, 5.41) is 4.15. The number of benzene rings is 2. The summed E-state index contributed by atoms with van der Waals surface area (Å²) in [7, 11) is 3.17. The lowest BCUT2D eigenvalue weighted by Gasteiger charge is -2.10. The molecule has 1 N–H and O–H groups in total. The normalized spacial score (nSPS) is 11.0. The van der Waals surface area contributed by atoms with Crippen LogP contribution in [0.4, 0.5) is 0 Å². The zero-order chi connectivity index (χ0) is 16.8. The highest BCUT2D eigenvalue weighted by molar-refractivity contribution is 9.10. The van der Waals surface area contributed by atoms with Gasteiger partial charge in [0.25, 0.3) is 5.91 Å². The minimum absolute atomic E-state index is 0.280. The molecule has 2 rings (SSSR count). The van der Waals surface area contributed by atoms with E-state index in [0.29, 0.717) is 22.8 Å². The van der Waals surface area contributed by atoms with Crippen LogP contribution in [0.3, 0.4) is 0 Å². The number of nitrogens with zero attached hydrogens (tertiary/aromatic N) is 1. The molecule has 0 heterocycles. The first kappa shape index (κ1) is 17.0. The van der Waals surface area contributed by atoms with Gasteiger partial charge in [0.05, 0.1) is 19.9 Å². The SMILES string of the molecule is COc1ccc(/C(C)=N\NC(=O)c2cccc(Br)c2)c(OC)c1. The van der Waals surface area contributed by atoms with Gasteiger partial charge in [-0.2, -0.15) is 5.10 Å². The number of carbonyl (C=O) groups excluding carboxylic acids is 1. The van der Waals surface area contributed by atoms with Crippen LogP contribution < -0.4 is 14.9 Å². The molecule has 0 atom stereocenters. The molecule has 6 heteroatoms. The maximum Gasteiger partial charge on any atom is 0.271 e. The van der Waals surface area contributed by atoms with Gasteiger partial charge < -0.3 is 9.47 Å². The summed E-state index contributed by atoms with van der Waals surface area (Å²) in [5.41, 5.74) is 4.48. The highest BCUT2D eigenvalue weighted by atomic mass is 79.9. The van der Waals surface area contributed by atoms with Crippen LogP contribution in [-0.4, -0.2) is 25.8 Å². The second kappa shape index (κ2) is 7.78. The highest BCUT2D eigenvalue weighted by Crippen LogP contribution is 2.25. The van der Waals surface area contributed by atoms with Crippen LogP contribution in [0.25, 0.3) is 0 Å². The second-order valence-electron chi connectivity index (χ2n) is 4.71. The molecule has 0 unspecified atom stereocenters. The van der Waals surface area contributed by atoms with Gasteiger partial charge in [0.15, 0.2) is 0 Å². The molecule has 0 bridgehead atoms. The standard InChI is InChI=1S/C17H17BrN2O3/c1-11(15-8-7-14(22-2)10-16(15)23-3)19-20-17(21)12-5-4-6-13(18)9-12/h4-10H,1-3H3,(H,20,21)/b19-11-. The van der Waals surface area contributed by atoms with Gasteiger partial charge in [0, 0.05) is 21.7 Å². The molecule has 23 heavy (non-hydrogen) atoms. The maximum atomic E-state index is 12.1. The van der Waals surface area contributed by atoms with Crippen molar-refractivity contribution < 1.29 is 14.3 Å². The summed E-state index contributed by atoms with van der Waals surface area (Å²) < 4.78 is 11.3. The number of amides is 1. The third kappa shape index (κ3) is 4.32. The van der Waals surface area contributed by atoms with Gasteiger partial charge in [-0.15, -0.1) is 0 Å². The topological polar surface area (TPSA) is 59.9 Å². The largest absolute Gasteiger partial charge is 0.497 e. The van der Waals surface area contributed by atoms with Crippen molar-refractivity contribution in [3.63, 3.8) is 0 Å². The summed E-state index contributed by atoms with van der Waals surface area (Å²) in [6.45, 7) is 1.80.